The minimum absolute atomic E-state index is 0.348. The highest BCUT2D eigenvalue weighted by molar-refractivity contribution is 5.92. The third-order valence-electron chi connectivity index (χ3n) is 7.59. The molecule has 2 aromatic rings. The van der Waals surface area contributed by atoms with Crippen LogP contribution in [-0.2, 0) is 16.0 Å². The van der Waals surface area contributed by atoms with Gasteiger partial charge in [-0.05, 0) is 86.5 Å². The van der Waals surface area contributed by atoms with E-state index >= 15 is 0 Å². The highest BCUT2D eigenvalue weighted by atomic mass is 16.8. The standard InChI is InChI=1S/C28H36N4O3/c1-20-6-4-9-25-22(11-12-24(20)25)8-5-7-21-13-15-32(16-14-21)28-29-18-23(19-30-28)27(33)31-35-26-10-2-3-17-34-26/h4,6,9,11,18-19,21,26H,2-3,5,7-8,10,12-17H2,1H3,(H,31,33). The predicted molar refractivity (Wildman–Crippen MR) is 136 cm³/mol. The lowest BCUT2D eigenvalue weighted by Gasteiger charge is -2.32. The van der Waals surface area contributed by atoms with Crippen LogP contribution in [0.15, 0.2) is 36.7 Å². The number of nitrogens with one attached hydrogen (secondary N) is 1. The molecule has 1 atom stereocenters. The van der Waals surface area contributed by atoms with Crippen molar-refractivity contribution in [1.29, 1.82) is 0 Å². The third kappa shape index (κ3) is 5.90. The highest BCUT2D eigenvalue weighted by Gasteiger charge is 2.22. The van der Waals surface area contributed by atoms with Gasteiger partial charge in [0.15, 0.2) is 6.29 Å². The Labute approximate surface area is 207 Å². The first-order chi connectivity index (χ1) is 17.2. The van der Waals surface area contributed by atoms with Crippen molar-refractivity contribution in [3.05, 3.63) is 58.9 Å². The molecule has 35 heavy (non-hydrogen) atoms. The largest absolute Gasteiger partial charge is 0.350 e. The van der Waals surface area contributed by atoms with Gasteiger partial charge in [-0.3, -0.25) is 4.79 Å². The lowest BCUT2D eigenvalue weighted by Crippen LogP contribution is -2.35. The molecule has 1 N–H and O–H groups in total. The molecule has 2 fully saturated rings. The van der Waals surface area contributed by atoms with Gasteiger partial charge in [-0.15, -0.1) is 0 Å². The van der Waals surface area contributed by atoms with Gasteiger partial charge in [0.2, 0.25) is 5.95 Å². The molecule has 7 nitrogen and oxygen atoms in total. The maximum Gasteiger partial charge on any atom is 0.278 e. The number of hydroxylamine groups is 1. The summed E-state index contributed by atoms with van der Waals surface area (Å²) >= 11 is 0. The van der Waals surface area contributed by atoms with E-state index in [2.05, 4.69) is 51.5 Å². The molecule has 0 bridgehead atoms. The summed E-state index contributed by atoms with van der Waals surface area (Å²) in [7, 11) is 0. The smallest absolute Gasteiger partial charge is 0.278 e. The van der Waals surface area contributed by atoms with Crippen molar-refractivity contribution in [2.75, 3.05) is 24.6 Å². The Morgan fingerprint density at radius 3 is 2.77 bits per heavy atom. The molecular weight excluding hydrogens is 440 g/mol. The van der Waals surface area contributed by atoms with Gasteiger partial charge < -0.3 is 9.64 Å². The fraction of sp³-hybridized carbons (Fsp3) is 0.536. The van der Waals surface area contributed by atoms with Gasteiger partial charge in [0.05, 0.1) is 5.56 Å². The Morgan fingerprint density at radius 1 is 1.17 bits per heavy atom. The zero-order valence-corrected chi connectivity index (χ0v) is 20.7. The number of anilines is 1. The van der Waals surface area contributed by atoms with E-state index in [1.807, 2.05) is 0 Å². The van der Waals surface area contributed by atoms with Crippen molar-refractivity contribution in [3.8, 4) is 0 Å². The number of amides is 1. The van der Waals surface area contributed by atoms with E-state index in [-0.39, 0.29) is 12.2 Å². The summed E-state index contributed by atoms with van der Waals surface area (Å²) in [6.07, 6.45) is 15.2. The molecule has 3 heterocycles. The number of allylic oxidation sites excluding steroid dienone is 2. The molecule has 5 rings (SSSR count). The molecule has 0 radical (unpaired) electrons. The Bertz CT molecular complexity index is 1040. The molecule has 3 aliphatic rings. The van der Waals surface area contributed by atoms with Crippen LogP contribution in [0.2, 0.25) is 0 Å². The molecule has 186 valence electrons. The Hall–Kier alpha value is -2.77. The van der Waals surface area contributed by atoms with Crippen LogP contribution < -0.4 is 10.4 Å². The van der Waals surface area contributed by atoms with Crippen LogP contribution >= 0.6 is 0 Å². The summed E-state index contributed by atoms with van der Waals surface area (Å²) in [5.74, 6) is 1.11. The summed E-state index contributed by atoms with van der Waals surface area (Å²) in [5.41, 5.74) is 8.79. The first-order valence-corrected chi connectivity index (χ1v) is 13.1. The number of aromatic nitrogens is 2. The van der Waals surface area contributed by atoms with Gasteiger partial charge in [0.1, 0.15) is 0 Å². The van der Waals surface area contributed by atoms with Crippen LogP contribution in [0.1, 0.15) is 78.4 Å². The monoisotopic (exact) mass is 476 g/mol. The Morgan fingerprint density at radius 2 is 2.00 bits per heavy atom. The number of ether oxygens (including phenoxy) is 1. The molecule has 1 unspecified atom stereocenters. The summed E-state index contributed by atoms with van der Waals surface area (Å²) in [6.45, 7) is 4.81. The quantitative estimate of drug-likeness (QED) is 0.541. The van der Waals surface area contributed by atoms with Crippen LogP contribution in [0.25, 0.3) is 5.57 Å². The van der Waals surface area contributed by atoms with E-state index in [9.17, 15) is 4.79 Å². The van der Waals surface area contributed by atoms with Crippen molar-refractivity contribution in [3.63, 3.8) is 0 Å². The number of hydrogen-bond donors (Lipinski definition) is 1. The van der Waals surface area contributed by atoms with Gasteiger partial charge in [-0.2, -0.15) is 0 Å². The normalized spacial score (nSPS) is 20.4. The molecule has 2 aliphatic heterocycles. The van der Waals surface area contributed by atoms with Crippen LogP contribution in [0, 0.1) is 12.8 Å². The zero-order valence-electron chi connectivity index (χ0n) is 20.7. The average molecular weight is 477 g/mol. The first-order valence-electron chi connectivity index (χ1n) is 13.1. The lowest BCUT2D eigenvalue weighted by molar-refractivity contribution is -0.186. The van der Waals surface area contributed by atoms with Crippen molar-refractivity contribution in [2.24, 2.45) is 5.92 Å². The van der Waals surface area contributed by atoms with Gasteiger partial charge in [-0.25, -0.2) is 20.3 Å². The van der Waals surface area contributed by atoms with Crippen LogP contribution in [0.3, 0.4) is 0 Å². The molecular formula is C28H36N4O3. The van der Waals surface area contributed by atoms with Gasteiger partial charge >= 0.3 is 0 Å². The number of hydrogen-bond acceptors (Lipinski definition) is 6. The molecule has 1 amide bonds. The van der Waals surface area contributed by atoms with E-state index in [1.54, 1.807) is 12.4 Å². The lowest BCUT2D eigenvalue weighted by atomic mass is 9.90. The number of piperidine rings is 1. The van der Waals surface area contributed by atoms with Gasteiger partial charge in [-0.1, -0.05) is 24.3 Å². The number of carbonyl (C=O) groups is 1. The molecule has 0 saturated carbocycles. The Balaban J connectivity index is 1.03. The Kier molecular flexibility index (Phi) is 7.74. The summed E-state index contributed by atoms with van der Waals surface area (Å²) in [5, 5.41) is 0. The predicted octanol–water partition coefficient (Wildman–Crippen LogP) is 5.00. The number of fused-ring (bicyclic) bond motifs is 1. The number of rotatable bonds is 8. The average Bonchev–Trinajstić information content (AvgIpc) is 3.33. The number of nitrogens with zero attached hydrogens (tertiary/aromatic N) is 3. The molecule has 1 aromatic heterocycles. The molecule has 1 aromatic carbocycles. The number of benzene rings is 1. The minimum atomic E-state index is -0.371. The maximum absolute atomic E-state index is 12.3. The second-order valence-electron chi connectivity index (χ2n) is 9.97. The van der Waals surface area contributed by atoms with Crippen LogP contribution in [-0.4, -0.2) is 41.9 Å². The SMILES string of the molecule is Cc1cccc2c1CC=C2CCCC1CCN(c2ncc(C(=O)NOC3CCCCO3)cn2)CC1. The maximum atomic E-state index is 12.3. The van der Waals surface area contributed by atoms with E-state index < -0.39 is 0 Å². The second kappa shape index (κ2) is 11.3. The van der Waals surface area contributed by atoms with Crippen molar-refractivity contribution in [1.82, 2.24) is 15.4 Å². The number of carbonyl (C=O) groups excluding carboxylic acids is 1. The van der Waals surface area contributed by atoms with E-state index in [0.717, 1.165) is 57.5 Å². The van der Waals surface area contributed by atoms with Crippen LogP contribution in [0.4, 0.5) is 5.95 Å². The van der Waals surface area contributed by atoms with Gasteiger partial charge in [0, 0.05) is 38.5 Å². The summed E-state index contributed by atoms with van der Waals surface area (Å²) < 4.78 is 5.46. The summed E-state index contributed by atoms with van der Waals surface area (Å²) in [6, 6.07) is 6.69. The summed E-state index contributed by atoms with van der Waals surface area (Å²) in [4.78, 5) is 28.8. The van der Waals surface area contributed by atoms with Crippen molar-refractivity contribution in [2.45, 2.75) is 71.0 Å². The van der Waals surface area contributed by atoms with Crippen molar-refractivity contribution < 1.29 is 14.4 Å². The topological polar surface area (TPSA) is 76.6 Å². The van der Waals surface area contributed by atoms with E-state index in [4.69, 9.17) is 9.57 Å². The molecule has 7 heteroatoms. The van der Waals surface area contributed by atoms with Gasteiger partial charge in [0.25, 0.3) is 5.91 Å². The number of aryl methyl sites for hydroxylation is 1. The highest BCUT2D eigenvalue weighted by Crippen LogP contribution is 2.34. The molecule has 1 aliphatic carbocycles. The second-order valence-corrected chi connectivity index (χ2v) is 9.97. The van der Waals surface area contributed by atoms with Crippen molar-refractivity contribution >= 4 is 17.4 Å². The molecule has 0 spiro atoms. The minimum Gasteiger partial charge on any atom is -0.350 e. The van der Waals surface area contributed by atoms with E-state index in [1.165, 1.54) is 41.5 Å². The fourth-order valence-corrected chi connectivity index (χ4v) is 5.43. The third-order valence-corrected chi connectivity index (χ3v) is 7.59. The molecule has 2 saturated heterocycles. The fourth-order valence-electron chi connectivity index (χ4n) is 5.43. The first kappa shape index (κ1) is 23.9. The van der Waals surface area contributed by atoms with Crippen LogP contribution in [0.5, 0.6) is 0 Å². The zero-order chi connectivity index (χ0) is 24.0. The van der Waals surface area contributed by atoms with E-state index in [0.29, 0.717) is 18.1 Å².